The summed E-state index contributed by atoms with van der Waals surface area (Å²) < 4.78 is 2.09. The summed E-state index contributed by atoms with van der Waals surface area (Å²) in [5.41, 5.74) is 8.73. The van der Waals surface area contributed by atoms with E-state index in [1.54, 1.807) is 6.20 Å². The van der Waals surface area contributed by atoms with E-state index < -0.39 is 0 Å². The van der Waals surface area contributed by atoms with E-state index in [9.17, 15) is 0 Å². The molecule has 0 aliphatic rings. The zero-order valence-electron chi connectivity index (χ0n) is 9.46. The fourth-order valence-electron chi connectivity index (χ4n) is 2.07. The molecule has 3 rings (SSSR count). The van der Waals surface area contributed by atoms with Crippen LogP contribution in [0.2, 0.25) is 0 Å². The highest BCUT2D eigenvalue weighted by Gasteiger charge is 2.09. The fraction of sp³-hybridized carbons (Fsp3) is 0.0769. The maximum Gasteiger partial charge on any atom is 0.220 e. The maximum absolute atomic E-state index is 5.62. The number of para-hydroxylation sites is 1. The van der Waals surface area contributed by atoms with Crippen molar-refractivity contribution in [2.45, 2.75) is 0 Å². The topological polar surface area (TPSA) is 56.7 Å². The number of benzene rings is 1. The van der Waals surface area contributed by atoms with Crippen molar-refractivity contribution in [3.63, 3.8) is 0 Å². The fourth-order valence-corrected chi connectivity index (χ4v) is 2.07. The van der Waals surface area contributed by atoms with Crippen LogP contribution in [-0.4, -0.2) is 14.5 Å². The van der Waals surface area contributed by atoms with Crippen LogP contribution in [-0.2, 0) is 7.05 Å². The van der Waals surface area contributed by atoms with E-state index in [1.165, 1.54) is 10.9 Å². The molecule has 0 bridgehead atoms. The highest BCUT2D eigenvalue weighted by molar-refractivity contribution is 5.95. The van der Waals surface area contributed by atoms with E-state index in [2.05, 4.69) is 32.9 Å². The molecule has 1 aromatic carbocycles. The van der Waals surface area contributed by atoms with Gasteiger partial charge in [0.15, 0.2) is 0 Å². The molecular formula is C13H12N4. The molecule has 17 heavy (non-hydrogen) atoms. The monoisotopic (exact) mass is 224 g/mol. The Labute approximate surface area is 98.7 Å². The van der Waals surface area contributed by atoms with E-state index in [0.717, 1.165) is 11.3 Å². The van der Waals surface area contributed by atoms with Crippen LogP contribution in [0.15, 0.2) is 42.7 Å². The van der Waals surface area contributed by atoms with Gasteiger partial charge in [0, 0.05) is 35.9 Å². The van der Waals surface area contributed by atoms with Crippen molar-refractivity contribution < 1.29 is 0 Å². The minimum atomic E-state index is 0.301. The van der Waals surface area contributed by atoms with Gasteiger partial charge in [-0.05, 0) is 12.1 Å². The van der Waals surface area contributed by atoms with Crippen molar-refractivity contribution in [3.05, 3.63) is 42.7 Å². The standard InChI is InChI=1S/C13H12N4/c1-17-8-10(9-4-2-3-5-12(9)17)11-6-7-15-13(14)16-11/h2-8H,1H3,(H2,14,15,16). The Balaban J connectivity index is 2.31. The molecule has 4 nitrogen and oxygen atoms in total. The molecule has 0 radical (unpaired) electrons. The van der Waals surface area contributed by atoms with E-state index in [0.29, 0.717) is 5.95 Å². The Morgan fingerprint density at radius 2 is 2.00 bits per heavy atom. The Hall–Kier alpha value is -2.36. The first-order chi connectivity index (χ1) is 8.25. The molecule has 2 aromatic heterocycles. The Bertz CT molecular complexity index is 685. The van der Waals surface area contributed by atoms with Gasteiger partial charge in [0.25, 0.3) is 0 Å². The third-order valence-corrected chi connectivity index (χ3v) is 2.85. The molecule has 84 valence electrons. The summed E-state index contributed by atoms with van der Waals surface area (Å²) in [4.78, 5) is 8.17. The van der Waals surface area contributed by atoms with E-state index in [1.807, 2.05) is 25.2 Å². The second kappa shape index (κ2) is 3.59. The average Bonchev–Trinajstić information content (AvgIpc) is 2.68. The SMILES string of the molecule is Cn1cc(-c2ccnc(N)n2)c2ccccc21. The van der Waals surface area contributed by atoms with Crippen LogP contribution < -0.4 is 5.73 Å². The minimum absolute atomic E-state index is 0.301. The van der Waals surface area contributed by atoms with E-state index >= 15 is 0 Å². The molecule has 0 amide bonds. The number of nitrogen functional groups attached to an aromatic ring is 1. The van der Waals surface area contributed by atoms with Gasteiger partial charge in [-0.15, -0.1) is 0 Å². The minimum Gasteiger partial charge on any atom is -0.368 e. The summed E-state index contributed by atoms with van der Waals surface area (Å²) in [5.74, 6) is 0.301. The third kappa shape index (κ3) is 1.54. The molecule has 0 saturated carbocycles. The zero-order valence-corrected chi connectivity index (χ0v) is 9.46. The van der Waals surface area contributed by atoms with Gasteiger partial charge in [0.2, 0.25) is 5.95 Å². The molecule has 0 unspecified atom stereocenters. The first kappa shape index (κ1) is 9.84. The largest absolute Gasteiger partial charge is 0.368 e. The predicted octanol–water partition coefficient (Wildman–Crippen LogP) is 2.22. The molecule has 0 fully saturated rings. The van der Waals surface area contributed by atoms with Gasteiger partial charge in [-0.2, -0.15) is 0 Å². The van der Waals surface area contributed by atoms with E-state index in [-0.39, 0.29) is 0 Å². The van der Waals surface area contributed by atoms with Crippen LogP contribution in [0.25, 0.3) is 22.2 Å². The third-order valence-electron chi connectivity index (χ3n) is 2.85. The summed E-state index contributed by atoms with van der Waals surface area (Å²) >= 11 is 0. The van der Waals surface area contributed by atoms with Gasteiger partial charge in [-0.3, -0.25) is 0 Å². The van der Waals surface area contributed by atoms with E-state index in [4.69, 9.17) is 5.73 Å². The summed E-state index contributed by atoms with van der Waals surface area (Å²) in [7, 11) is 2.02. The Morgan fingerprint density at radius 3 is 2.82 bits per heavy atom. The molecule has 0 atom stereocenters. The molecule has 0 aliphatic carbocycles. The van der Waals surface area contributed by atoms with Gasteiger partial charge in [0.05, 0.1) is 5.69 Å². The summed E-state index contributed by atoms with van der Waals surface area (Å²) in [6, 6.07) is 10.1. The van der Waals surface area contributed by atoms with Crippen LogP contribution in [0.4, 0.5) is 5.95 Å². The van der Waals surface area contributed by atoms with Crippen LogP contribution in [0.3, 0.4) is 0 Å². The van der Waals surface area contributed by atoms with Gasteiger partial charge in [-0.25, -0.2) is 9.97 Å². The van der Waals surface area contributed by atoms with Crippen molar-refractivity contribution in [2.75, 3.05) is 5.73 Å². The number of nitrogens with zero attached hydrogens (tertiary/aromatic N) is 3. The molecule has 2 N–H and O–H groups in total. The Kier molecular flexibility index (Phi) is 2.08. The summed E-state index contributed by atoms with van der Waals surface area (Å²) in [5, 5.41) is 1.17. The van der Waals surface area contributed by atoms with Gasteiger partial charge in [-0.1, -0.05) is 18.2 Å². The molecule has 3 aromatic rings. The van der Waals surface area contributed by atoms with Crippen LogP contribution in [0.1, 0.15) is 0 Å². The zero-order chi connectivity index (χ0) is 11.8. The molecule has 2 heterocycles. The highest BCUT2D eigenvalue weighted by atomic mass is 15.0. The highest BCUT2D eigenvalue weighted by Crippen LogP contribution is 2.28. The molecule has 0 aliphatic heterocycles. The normalized spacial score (nSPS) is 10.9. The molecular weight excluding hydrogens is 212 g/mol. The number of hydrogen-bond donors (Lipinski definition) is 1. The lowest BCUT2D eigenvalue weighted by atomic mass is 10.1. The average molecular weight is 224 g/mol. The van der Waals surface area contributed by atoms with Crippen molar-refractivity contribution in [1.82, 2.24) is 14.5 Å². The second-order valence-electron chi connectivity index (χ2n) is 3.97. The van der Waals surface area contributed by atoms with Crippen LogP contribution in [0, 0.1) is 0 Å². The van der Waals surface area contributed by atoms with Crippen molar-refractivity contribution in [3.8, 4) is 11.3 Å². The first-order valence-corrected chi connectivity index (χ1v) is 5.38. The first-order valence-electron chi connectivity index (χ1n) is 5.38. The molecule has 4 heteroatoms. The summed E-state index contributed by atoms with van der Waals surface area (Å²) in [6.45, 7) is 0. The number of rotatable bonds is 1. The lowest BCUT2D eigenvalue weighted by molar-refractivity contribution is 0.969. The van der Waals surface area contributed by atoms with Crippen LogP contribution in [0.5, 0.6) is 0 Å². The molecule has 0 spiro atoms. The van der Waals surface area contributed by atoms with Crippen molar-refractivity contribution >= 4 is 16.9 Å². The molecule has 0 saturated heterocycles. The second-order valence-corrected chi connectivity index (χ2v) is 3.97. The summed E-state index contributed by atoms with van der Waals surface area (Å²) in [6.07, 6.45) is 3.74. The van der Waals surface area contributed by atoms with Crippen LogP contribution >= 0.6 is 0 Å². The number of aromatic nitrogens is 3. The number of fused-ring (bicyclic) bond motifs is 1. The maximum atomic E-state index is 5.62. The van der Waals surface area contributed by atoms with Crippen molar-refractivity contribution in [1.29, 1.82) is 0 Å². The quantitative estimate of drug-likeness (QED) is 0.689. The Morgan fingerprint density at radius 1 is 1.18 bits per heavy atom. The van der Waals surface area contributed by atoms with Gasteiger partial charge in [0.1, 0.15) is 0 Å². The van der Waals surface area contributed by atoms with Gasteiger partial charge < -0.3 is 10.3 Å². The van der Waals surface area contributed by atoms with Gasteiger partial charge >= 0.3 is 0 Å². The smallest absolute Gasteiger partial charge is 0.220 e. The van der Waals surface area contributed by atoms with Crippen molar-refractivity contribution in [2.24, 2.45) is 7.05 Å². The lowest BCUT2D eigenvalue weighted by Crippen LogP contribution is -1.94. The number of anilines is 1. The lowest BCUT2D eigenvalue weighted by Gasteiger charge is -1.98. The number of hydrogen-bond acceptors (Lipinski definition) is 3. The number of nitrogens with two attached hydrogens (primary N) is 1. The predicted molar refractivity (Wildman–Crippen MR) is 68.4 cm³/mol. The number of aryl methyl sites for hydroxylation is 1.